The summed E-state index contributed by atoms with van der Waals surface area (Å²) in [6, 6.07) is 7.87. The van der Waals surface area contributed by atoms with E-state index < -0.39 is 0 Å². The van der Waals surface area contributed by atoms with Gasteiger partial charge in [-0.1, -0.05) is 12.1 Å². The van der Waals surface area contributed by atoms with Crippen molar-refractivity contribution >= 4 is 11.6 Å². The van der Waals surface area contributed by atoms with Gasteiger partial charge in [0.25, 0.3) is 0 Å². The molecular weight excluding hydrogens is 138 g/mol. The molecule has 1 aromatic rings. The lowest BCUT2D eigenvalue weighted by molar-refractivity contribution is -0.481. The van der Waals surface area contributed by atoms with Crippen LogP contribution in [0.5, 0.6) is 0 Å². The molecule has 2 N–H and O–H groups in total. The van der Waals surface area contributed by atoms with Crippen molar-refractivity contribution in [3.05, 3.63) is 29.8 Å². The average Bonchev–Trinajstić information content (AvgIpc) is 1.85. The molecule has 2 nitrogen and oxygen atoms in total. The number of benzene rings is 1. The summed E-state index contributed by atoms with van der Waals surface area (Å²) < 4.78 is 0. The maximum atomic E-state index is 10.7. The third-order valence-corrected chi connectivity index (χ3v) is 1.41. The fourth-order valence-electron chi connectivity index (χ4n) is 0.995. The maximum Gasteiger partial charge on any atom is 0.312 e. The van der Waals surface area contributed by atoms with E-state index in [1.807, 2.05) is 31.2 Å². The van der Waals surface area contributed by atoms with Gasteiger partial charge in [-0.25, -0.2) is 4.79 Å². The van der Waals surface area contributed by atoms with Crippen LogP contribution in [-0.2, 0) is 4.79 Å². The standard InChI is InChI=1S/C9H11NO/c1-7-4-3-5-9(6-7)10-8(2)11/h3-6H,1-2H3,(H,10,11)/p+1. The van der Waals surface area contributed by atoms with E-state index in [0.29, 0.717) is 0 Å². The van der Waals surface area contributed by atoms with E-state index in [-0.39, 0.29) is 5.91 Å². The predicted molar refractivity (Wildman–Crippen MR) is 43.4 cm³/mol. The molecule has 11 heavy (non-hydrogen) atoms. The molecule has 0 atom stereocenters. The minimum atomic E-state index is 0.0931. The number of carbonyl (C=O) groups excluding carboxylic acids is 1. The van der Waals surface area contributed by atoms with Crippen molar-refractivity contribution in [1.29, 1.82) is 0 Å². The number of carbonyl (C=O) groups is 1. The second kappa shape index (κ2) is 3.30. The van der Waals surface area contributed by atoms with Gasteiger partial charge in [-0.05, 0) is 18.6 Å². The summed E-state index contributed by atoms with van der Waals surface area (Å²) in [5.74, 6) is 0.0931. The molecule has 0 aliphatic carbocycles. The zero-order valence-electron chi connectivity index (χ0n) is 6.79. The molecule has 58 valence electrons. The molecule has 0 aliphatic heterocycles. The van der Waals surface area contributed by atoms with Gasteiger partial charge in [-0.2, -0.15) is 0 Å². The van der Waals surface area contributed by atoms with Crippen molar-refractivity contribution in [2.45, 2.75) is 13.8 Å². The Morgan fingerprint density at radius 1 is 1.45 bits per heavy atom. The van der Waals surface area contributed by atoms with E-state index in [4.69, 9.17) is 0 Å². The van der Waals surface area contributed by atoms with Gasteiger partial charge in [-0.15, -0.1) is 0 Å². The lowest BCUT2D eigenvalue weighted by Gasteiger charge is -1.95. The van der Waals surface area contributed by atoms with Gasteiger partial charge < -0.3 is 0 Å². The first-order valence-corrected chi connectivity index (χ1v) is 3.60. The summed E-state index contributed by atoms with van der Waals surface area (Å²) in [5, 5.41) is 1.63. The van der Waals surface area contributed by atoms with E-state index >= 15 is 0 Å². The summed E-state index contributed by atoms with van der Waals surface area (Å²) in [5.41, 5.74) is 2.16. The van der Waals surface area contributed by atoms with Crippen LogP contribution in [-0.4, -0.2) is 5.91 Å². The van der Waals surface area contributed by atoms with E-state index in [9.17, 15) is 4.79 Å². The van der Waals surface area contributed by atoms with Gasteiger partial charge in [0.05, 0.1) is 6.92 Å². The van der Waals surface area contributed by atoms with Gasteiger partial charge in [-0.3, -0.25) is 5.32 Å². The molecule has 0 fully saturated rings. The van der Waals surface area contributed by atoms with E-state index in [1.54, 1.807) is 12.2 Å². The highest BCUT2D eigenvalue weighted by Gasteiger charge is 1.99. The lowest BCUT2D eigenvalue weighted by Crippen LogP contribution is -2.81. The molecule has 0 radical (unpaired) electrons. The Hall–Kier alpha value is -1.15. The summed E-state index contributed by atoms with van der Waals surface area (Å²) in [7, 11) is 0. The highest BCUT2D eigenvalue weighted by atomic mass is 16.1. The minimum Gasteiger partial charge on any atom is -0.251 e. The number of hydrogen-bond acceptors (Lipinski definition) is 1. The molecule has 2 heteroatoms. The Labute approximate surface area is 66.2 Å². The Kier molecular flexibility index (Phi) is 2.39. The van der Waals surface area contributed by atoms with Crippen LogP contribution in [0, 0.1) is 6.92 Å². The quantitative estimate of drug-likeness (QED) is 0.588. The normalized spacial score (nSPS) is 9.64. The van der Waals surface area contributed by atoms with Gasteiger partial charge in [0, 0.05) is 6.07 Å². The highest BCUT2D eigenvalue weighted by molar-refractivity contribution is 5.64. The fourth-order valence-corrected chi connectivity index (χ4v) is 0.995. The number of rotatable bonds is 1. The first kappa shape index (κ1) is 7.95. The SMILES string of the molecule is CC(=O)[NH2+]c1cccc(C)c1. The van der Waals surface area contributed by atoms with Crippen LogP contribution < -0.4 is 5.32 Å². The highest BCUT2D eigenvalue weighted by Crippen LogP contribution is 2.02. The van der Waals surface area contributed by atoms with E-state index in [1.165, 1.54) is 5.56 Å². The Morgan fingerprint density at radius 2 is 2.18 bits per heavy atom. The minimum absolute atomic E-state index is 0.0931. The zero-order chi connectivity index (χ0) is 8.27. The fraction of sp³-hybridized carbons (Fsp3) is 0.222. The molecule has 0 spiro atoms. The van der Waals surface area contributed by atoms with Crippen molar-refractivity contribution in [3.63, 3.8) is 0 Å². The van der Waals surface area contributed by atoms with Crippen LogP contribution in [0.1, 0.15) is 12.5 Å². The van der Waals surface area contributed by atoms with Crippen LogP contribution in [0.15, 0.2) is 24.3 Å². The second-order valence-electron chi connectivity index (χ2n) is 2.67. The van der Waals surface area contributed by atoms with E-state index in [0.717, 1.165) is 5.69 Å². The molecule has 1 amide bonds. The molecule has 0 unspecified atom stereocenters. The van der Waals surface area contributed by atoms with Crippen molar-refractivity contribution < 1.29 is 10.1 Å². The number of hydrogen-bond donors (Lipinski definition) is 1. The van der Waals surface area contributed by atoms with Crippen LogP contribution >= 0.6 is 0 Å². The van der Waals surface area contributed by atoms with Gasteiger partial charge in [0.15, 0.2) is 0 Å². The molecule has 0 bridgehead atoms. The van der Waals surface area contributed by atoms with Crippen molar-refractivity contribution in [1.82, 2.24) is 0 Å². The molecule has 1 rings (SSSR count). The zero-order valence-corrected chi connectivity index (χ0v) is 6.79. The predicted octanol–water partition coefficient (Wildman–Crippen LogP) is 0.736. The van der Waals surface area contributed by atoms with Crippen LogP contribution in [0.25, 0.3) is 0 Å². The van der Waals surface area contributed by atoms with Crippen LogP contribution in [0.3, 0.4) is 0 Å². The van der Waals surface area contributed by atoms with Crippen molar-refractivity contribution in [2.75, 3.05) is 0 Å². The molecule has 0 aliphatic rings. The third kappa shape index (κ3) is 2.51. The summed E-state index contributed by atoms with van der Waals surface area (Å²) in [6.07, 6.45) is 0. The number of nitrogens with two attached hydrogens (primary N) is 1. The molecular formula is C9H12NO+. The number of primary amides is 1. The monoisotopic (exact) mass is 150 g/mol. The largest absolute Gasteiger partial charge is 0.312 e. The topological polar surface area (TPSA) is 33.7 Å². The smallest absolute Gasteiger partial charge is 0.251 e. The van der Waals surface area contributed by atoms with Crippen LogP contribution in [0.2, 0.25) is 0 Å². The molecule has 0 saturated carbocycles. The Bertz CT molecular complexity index is 268. The first-order chi connectivity index (χ1) is 5.18. The molecule has 0 saturated heterocycles. The number of quaternary nitrogens is 1. The van der Waals surface area contributed by atoms with E-state index in [2.05, 4.69) is 0 Å². The third-order valence-electron chi connectivity index (χ3n) is 1.41. The summed E-state index contributed by atoms with van der Waals surface area (Å²) in [6.45, 7) is 3.57. The van der Waals surface area contributed by atoms with Gasteiger partial charge in [0.1, 0.15) is 5.69 Å². The first-order valence-electron chi connectivity index (χ1n) is 3.60. The lowest BCUT2D eigenvalue weighted by atomic mass is 10.2. The number of aryl methyl sites for hydroxylation is 1. The summed E-state index contributed by atoms with van der Waals surface area (Å²) in [4.78, 5) is 10.7. The molecule has 1 aromatic carbocycles. The summed E-state index contributed by atoms with van der Waals surface area (Å²) >= 11 is 0. The van der Waals surface area contributed by atoms with Gasteiger partial charge in [0.2, 0.25) is 0 Å². The average molecular weight is 150 g/mol. The Morgan fingerprint density at radius 3 is 2.73 bits per heavy atom. The number of amides is 1. The second-order valence-corrected chi connectivity index (χ2v) is 2.67. The maximum absolute atomic E-state index is 10.7. The van der Waals surface area contributed by atoms with Gasteiger partial charge >= 0.3 is 5.91 Å². The van der Waals surface area contributed by atoms with Crippen LogP contribution in [0.4, 0.5) is 5.69 Å². The Balaban J connectivity index is 2.79. The molecule has 0 heterocycles. The van der Waals surface area contributed by atoms with Crippen molar-refractivity contribution in [3.8, 4) is 0 Å². The molecule has 0 aromatic heterocycles. The van der Waals surface area contributed by atoms with Crippen molar-refractivity contribution in [2.24, 2.45) is 0 Å².